The van der Waals surface area contributed by atoms with Crippen molar-refractivity contribution in [2.45, 2.75) is 31.4 Å². The number of benzene rings is 1. The Balaban J connectivity index is 2.45. The van der Waals surface area contributed by atoms with Crippen molar-refractivity contribution in [1.29, 1.82) is 0 Å². The van der Waals surface area contributed by atoms with Crippen LogP contribution in [0.1, 0.15) is 42.5 Å². The summed E-state index contributed by atoms with van der Waals surface area (Å²) in [5.41, 5.74) is 8.14. The predicted molar refractivity (Wildman–Crippen MR) is 52.2 cm³/mol. The van der Waals surface area contributed by atoms with Gasteiger partial charge in [-0.15, -0.1) is 0 Å². The van der Waals surface area contributed by atoms with Crippen LogP contribution < -0.4 is 5.73 Å². The molecule has 0 saturated carbocycles. The second kappa shape index (κ2) is 3.48. The Hall–Kier alpha value is -0.860. The molecule has 2 atom stereocenters. The molecule has 0 aromatic heterocycles. The highest BCUT2D eigenvalue weighted by atomic mass is 16.3. The fourth-order valence-electron chi connectivity index (χ4n) is 1.99. The van der Waals surface area contributed by atoms with Gasteiger partial charge in [0.05, 0.1) is 6.10 Å². The third kappa shape index (κ3) is 1.60. The molecule has 2 rings (SSSR count). The number of rotatable bonds is 0. The molecule has 1 aromatic carbocycles. The van der Waals surface area contributed by atoms with Crippen LogP contribution in [0.3, 0.4) is 0 Å². The van der Waals surface area contributed by atoms with Crippen LogP contribution in [0.2, 0.25) is 0 Å². The van der Waals surface area contributed by atoms with Crippen molar-refractivity contribution in [3.05, 3.63) is 35.4 Å². The highest BCUT2D eigenvalue weighted by Crippen LogP contribution is 2.32. The number of nitrogens with two attached hydrogens (primary N) is 1. The summed E-state index contributed by atoms with van der Waals surface area (Å²) in [5.74, 6) is 0. The fraction of sp³-hybridized carbons (Fsp3) is 0.455. The molecule has 1 aromatic rings. The van der Waals surface area contributed by atoms with Gasteiger partial charge in [0.2, 0.25) is 0 Å². The Morgan fingerprint density at radius 1 is 1.15 bits per heavy atom. The maximum absolute atomic E-state index is 9.80. The second-order valence-electron chi connectivity index (χ2n) is 3.68. The van der Waals surface area contributed by atoms with E-state index in [2.05, 4.69) is 0 Å². The van der Waals surface area contributed by atoms with Gasteiger partial charge in [-0.1, -0.05) is 24.3 Å². The number of hydrogen-bond donors (Lipinski definition) is 2. The minimum atomic E-state index is -0.315. The molecule has 1 aliphatic rings. The van der Waals surface area contributed by atoms with Gasteiger partial charge in [-0.25, -0.2) is 0 Å². The molecule has 0 heterocycles. The number of hydrogen-bond acceptors (Lipinski definition) is 2. The van der Waals surface area contributed by atoms with Crippen LogP contribution in [0.4, 0.5) is 0 Å². The molecule has 3 N–H and O–H groups in total. The average molecular weight is 177 g/mol. The molecule has 0 radical (unpaired) electrons. The Morgan fingerprint density at radius 2 is 1.85 bits per heavy atom. The van der Waals surface area contributed by atoms with E-state index in [0.29, 0.717) is 0 Å². The van der Waals surface area contributed by atoms with Gasteiger partial charge in [0, 0.05) is 6.04 Å². The first-order chi connectivity index (χ1) is 6.29. The van der Waals surface area contributed by atoms with Crippen LogP contribution in [-0.4, -0.2) is 5.11 Å². The van der Waals surface area contributed by atoms with Crippen molar-refractivity contribution in [1.82, 2.24) is 0 Å². The lowest BCUT2D eigenvalue weighted by Gasteiger charge is -2.13. The second-order valence-corrected chi connectivity index (χ2v) is 3.68. The maximum Gasteiger partial charge on any atom is 0.0793 e. The van der Waals surface area contributed by atoms with Crippen molar-refractivity contribution in [2.24, 2.45) is 5.73 Å². The van der Waals surface area contributed by atoms with Gasteiger partial charge in [0.15, 0.2) is 0 Å². The fourth-order valence-corrected chi connectivity index (χ4v) is 1.99. The molecule has 0 unspecified atom stereocenters. The quantitative estimate of drug-likeness (QED) is 0.594. The van der Waals surface area contributed by atoms with Crippen molar-refractivity contribution in [3.8, 4) is 0 Å². The molecular weight excluding hydrogens is 162 g/mol. The summed E-state index contributed by atoms with van der Waals surface area (Å²) in [7, 11) is 0. The van der Waals surface area contributed by atoms with Gasteiger partial charge < -0.3 is 10.8 Å². The smallest absolute Gasteiger partial charge is 0.0793 e. The van der Waals surface area contributed by atoms with Crippen molar-refractivity contribution in [2.75, 3.05) is 0 Å². The zero-order valence-electron chi connectivity index (χ0n) is 7.61. The highest BCUT2D eigenvalue weighted by molar-refractivity contribution is 5.32. The first-order valence-corrected chi connectivity index (χ1v) is 4.81. The van der Waals surface area contributed by atoms with E-state index in [1.807, 2.05) is 24.3 Å². The van der Waals surface area contributed by atoms with Gasteiger partial charge in [-0.3, -0.25) is 0 Å². The minimum absolute atomic E-state index is 0.105. The summed E-state index contributed by atoms with van der Waals surface area (Å²) >= 11 is 0. The standard InChI is InChI=1S/C11H15NO/c12-10-6-3-7-11(13)9-5-2-1-4-8(9)10/h1-2,4-5,10-11,13H,3,6-7,12H2/t10-,11+/m1/s1. The molecule has 0 fully saturated rings. The Kier molecular flexibility index (Phi) is 2.34. The molecule has 0 spiro atoms. The first-order valence-electron chi connectivity index (χ1n) is 4.81. The van der Waals surface area contributed by atoms with Crippen LogP contribution in [0.15, 0.2) is 24.3 Å². The van der Waals surface area contributed by atoms with E-state index < -0.39 is 0 Å². The Morgan fingerprint density at radius 3 is 2.62 bits per heavy atom. The predicted octanol–water partition coefficient (Wildman–Crippen LogP) is 1.90. The van der Waals surface area contributed by atoms with Crippen molar-refractivity contribution < 1.29 is 5.11 Å². The lowest BCUT2D eigenvalue weighted by atomic mass is 9.99. The van der Waals surface area contributed by atoms with Crippen LogP contribution in [0.5, 0.6) is 0 Å². The van der Waals surface area contributed by atoms with E-state index in [0.717, 1.165) is 30.4 Å². The van der Waals surface area contributed by atoms with E-state index in [1.165, 1.54) is 0 Å². The van der Waals surface area contributed by atoms with E-state index in [4.69, 9.17) is 5.73 Å². The number of aliphatic hydroxyl groups is 1. The van der Waals surface area contributed by atoms with Crippen molar-refractivity contribution >= 4 is 0 Å². The summed E-state index contributed by atoms with van der Waals surface area (Å²) in [5, 5.41) is 9.80. The molecule has 0 saturated heterocycles. The van der Waals surface area contributed by atoms with Gasteiger partial charge in [-0.2, -0.15) is 0 Å². The maximum atomic E-state index is 9.80. The zero-order valence-corrected chi connectivity index (χ0v) is 7.61. The molecule has 2 nitrogen and oxygen atoms in total. The number of fused-ring (bicyclic) bond motifs is 1. The molecule has 70 valence electrons. The molecule has 13 heavy (non-hydrogen) atoms. The largest absolute Gasteiger partial charge is 0.388 e. The van der Waals surface area contributed by atoms with E-state index in [9.17, 15) is 5.11 Å². The van der Waals surface area contributed by atoms with Gasteiger partial charge in [0.1, 0.15) is 0 Å². The summed E-state index contributed by atoms with van der Waals surface area (Å²) in [6.45, 7) is 0. The van der Waals surface area contributed by atoms with Crippen molar-refractivity contribution in [3.63, 3.8) is 0 Å². The van der Waals surface area contributed by atoms with E-state index in [-0.39, 0.29) is 12.1 Å². The van der Waals surface area contributed by atoms with Crippen LogP contribution in [0, 0.1) is 0 Å². The molecule has 0 aliphatic heterocycles. The molecule has 2 heteroatoms. The first kappa shape index (κ1) is 8.73. The third-order valence-electron chi connectivity index (χ3n) is 2.75. The van der Waals surface area contributed by atoms with Gasteiger partial charge in [-0.05, 0) is 30.4 Å². The summed E-state index contributed by atoms with van der Waals surface area (Å²) in [6.07, 6.45) is 2.51. The van der Waals surface area contributed by atoms with Crippen LogP contribution in [-0.2, 0) is 0 Å². The summed E-state index contributed by atoms with van der Waals surface area (Å²) in [6, 6.07) is 8.05. The lowest BCUT2D eigenvalue weighted by Crippen LogP contribution is -2.10. The van der Waals surface area contributed by atoms with Gasteiger partial charge >= 0.3 is 0 Å². The number of aliphatic hydroxyl groups excluding tert-OH is 1. The lowest BCUT2D eigenvalue weighted by molar-refractivity contribution is 0.166. The molecule has 0 amide bonds. The average Bonchev–Trinajstić information content (AvgIpc) is 2.29. The molecule has 1 aliphatic carbocycles. The highest BCUT2D eigenvalue weighted by Gasteiger charge is 2.20. The normalized spacial score (nSPS) is 27.8. The van der Waals surface area contributed by atoms with Crippen LogP contribution in [0.25, 0.3) is 0 Å². The SMILES string of the molecule is N[C@@H]1CCC[C@H](O)c2ccccc21. The van der Waals surface area contributed by atoms with Gasteiger partial charge in [0.25, 0.3) is 0 Å². The molecule has 0 bridgehead atoms. The Bertz CT molecular complexity index is 269. The Labute approximate surface area is 78.4 Å². The molecular formula is C11H15NO. The van der Waals surface area contributed by atoms with Crippen LogP contribution >= 0.6 is 0 Å². The monoisotopic (exact) mass is 177 g/mol. The summed E-state index contributed by atoms with van der Waals surface area (Å²) < 4.78 is 0. The topological polar surface area (TPSA) is 46.2 Å². The minimum Gasteiger partial charge on any atom is -0.388 e. The van der Waals surface area contributed by atoms with E-state index in [1.54, 1.807) is 0 Å². The van der Waals surface area contributed by atoms with E-state index >= 15 is 0 Å². The third-order valence-corrected chi connectivity index (χ3v) is 2.75. The zero-order chi connectivity index (χ0) is 9.26. The summed E-state index contributed by atoms with van der Waals surface area (Å²) in [4.78, 5) is 0.